The number of aryl methyl sites for hydroxylation is 1. The molecule has 0 unspecified atom stereocenters. The second kappa shape index (κ2) is 7.82. The summed E-state index contributed by atoms with van der Waals surface area (Å²) in [6.45, 7) is 3.69. The summed E-state index contributed by atoms with van der Waals surface area (Å²) in [5.74, 6) is -4.12. The summed E-state index contributed by atoms with van der Waals surface area (Å²) in [6.07, 6.45) is 3.72. The van der Waals surface area contributed by atoms with Gasteiger partial charge in [0.15, 0.2) is 0 Å². The van der Waals surface area contributed by atoms with Crippen LogP contribution in [0, 0.1) is 17.1 Å². The highest BCUT2D eigenvalue weighted by Crippen LogP contribution is 2.48. The van der Waals surface area contributed by atoms with Gasteiger partial charge in [-0.05, 0) is 63.3 Å². The largest absolute Gasteiger partial charge is 0.363 e. The number of nitriles is 1. The number of nitrogens with one attached hydrogen (secondary N) is 1. The number of thiocarbonyl (C=S) groups is 1. The van der Waals surface area contributed by atoms with Crippen molar-refractivity contribution < 1.29 is 17.9 Å². The Morgan fingerprint density at radius 2 is 2.03 bits per heavy atom. The third kappa shape index (κ3) is 3.57. The Morgan fingerprint density at radius 1 is 1.28 bits per heavy atom. The van der Waals surface area contributed by atoms with Crippen molar-refractivity contribution in [3.05, 3.63) is 64.2 Å². The number of nitrogens with zero attached hydrogens (tertiary/aromatic N) is 2. The van der Waals surface area contributed by atoms with Crippen molar-refractivity contribution in [3.8, 4) is 6.07 Å². The maximum atomic E-state index is 15.7. The topological polar surface area (TPSA) is 57.9 Å². The molecule has 1 aromatic carbocycles. The molecule has 4 nitrogen and oxygen atoms in total. The molecular weight excluding hydrogens is 435 g/mol. The van der Waals surface area contributed by atoms with Gasteiger partial charge in [-0.1, -0.05) is 24.4 Å². The minimum Gasteiger partial charge on any atom is -0.363 e. The third-order valence-electron chi connectivity index (χ3n) is 6.67. The molecule has 1 aromatic heterocycles. The number of rotatable bonds is 3. The van der Waals surface area contributed by atoms with Crippen molar-refractivity contribution in [2.75, 3.05) is 6.61 Å². The first-order chi connectivity index (χ1) is 15.0. The number of benzene rings is 1. The van der Waals surface area contributed by atoms with E-state index in [2.05, 4.69) is 16.4 Å². The van der Waals surface area contributed by atoms with Gasteiger partial charge in [0, 0.05) is 23.4 Å². The van der Waals surface area contributed by atoms with Crippen molar-refractivity contribution >= 4 is 17.2 Å². The Morgan fingerprint density at radius 3 is 2.75 bits per heavy atom. The monoisotopic (exact) mass is 459 g/mol. The molecule has 2 aliphatic rings. The predicted molar refractivity (Wildman–Crippen MR) is 118 cm³/mol. The summed E-state index contributed by atoms with van der Waals surface area (Å²) < 4.78 is 51.7. The lowest BCUT2D eigenvalue weighted by Gasteiger charge is -2.44. The van der Waals surface area contributed by atoms with Crippen molar-refractivity contribution in [1.29, 1.82) is 5.26 Å². The van der Waals surface area contributed by atoms with Crippen LogP contribution < -0.4 is 5.32 Å². The van der Waals surface area contributed by atoms with Gasteiger partial charge in [0.2, 0.25) is 0 Å². The molecule has 2 atom stereocenters. The number of halogens is 3. The van der Waals surface area contributed by atoms with Crippen LogP contribution in [0.4, 0.5) is 13.2 Å². The minimum absolute atomic E-state index is 0.0762. The number of aromatic nitrogens is 1. The average Bonchev–Trinajstić information content (AvgIpc) is 3.12. The van der Waals surface area contributed by atoms with Crippen LogP contribution in [-0.4, -0.2) is 28.1 Å². The highest BCUT2D eigenvalue weighted by molar-refractivity contribution is 7.80. The summed E-state index contributed by atoms with van der Waals surface area (Å²) in [6, 6.07) is 8.30. The van der Waals surface area contributed by atoms with Gasteiger partial charge in [-0.15, -0.1) is 0 Å². The fourth-order valence-corrected chi connectivity index (χ4v) is 5.01. The van der Waals surface area contributed by atoms with E-state index < -0.39 is 22.9 Å². The highest BCUT2D eigenvalue weighted by atomic mass is 32.1. The van der Waals surface area contributed by atoms with Crippen LogP contribution >= 0.6 is 12.2 Å². The van der Waals surface area contributed by atoms with E-state index in [1.54, 1.807) is 12.3 Å². The van der Waals surface area contributed by atoms with Crippen LogP contribution in [0.5, 0.6) is 0 Å². The van der Waals surface area contributed by atoms with Gasteiger partial charge in [-0.3, -0.25) is 4.98 Å². The first-order valence-electron chi connectivity index (χ1n) is 10.5. The number of hydrogen-bond donors (Lipinski definition) is 1. The van der Waals surface area contributed by atoms with Crippen molar-refractivity contribution in [1.82, 2.24) is 10.3 Å². The minimum atomic E-state index is -3.46. The molecule has 1 N–H and O–H groups in total. The van der Waals surface area contributed by atoms with Gasteiger partial charge in [-0.2, -0.15) is 5.26 Å². The lowest BCUT2D eigenvalue weighted by molar-refractivity contribution is -0.216. The number of alkyl halides is 2. The smallest absolute Gasteiger partial charge is 0.302 e. The molecule has 0 amide bonds. The van der Waals surface area contributed by atoms with Gasteiger partial charge in [-0.25, -0.2) is 13.2 Å². The van der Waals surface area contributed by atoms with Crippen LogP contribution in [0.1, 0.15) is 61.1 Å². The second-order valence-electron chi connectivity index (χ2n) is 9.18. The molecular formula is C24H24F3N3OS. The molecule has 0 spiro atoms. The lowest BCUT2D eigenvalue weighted by atomic mass is 9.77. The van der Waals surface area contributed by atoms with Crippen LogP contribution in [0.25, 0.3) is 0 Å². The fourth-order valence-electron chi connectivity index (χ4n) is 4.75. The Hall–Kier alpha value is -2.50. The second-order valence-corrected chi connectivity index (χ2v) is 9.67. The van der Waals surface area contributed by atoms with Crippen LogP contribution in [0.3, 0.4) is 0 Å². The SMILES string of the molecule is CC1(C)OCC(=S)N[C@](C)(c2cc(C[C@@H]3CCc4cc(C#N)cnc43)ccc2F)C1(F)F. The van der Waals surface area contributed by atoms with Crippen LogP contribution in [0.15, 0.2) is 30.5 Å². The molecule has 0 radical (unpaired) electrons. The van der Waals surface area contributed by atoms with E-state index in [1.807, 2.05) is 6.07 Å². The maximum Gasteiger partial charge on any atom is 0.302 e. The molecule has 1 saturated heterocycles. The predicted octanol–water partition coefficient (Wildman–Crippen LogP) is 4.94. The Balaban J connectivity index is 1.71. The molecule has 1 fully saturated rings. The van der Waals surface area contributed by atoms with E-state index in [9.17, 15) is 4.39 Å². The fraction of sp³-hybridized carbons (Fsp3) is 0.458. The average molecular weight is 460 g/mol. The van der Waals surface area contributed by atoms with Crippen molar-refractivity contribution in [3.63, 3.8) is 0 Å². The molecule has 4 rings (SSSR count). The Bertz CT molecular complexity index is 1130. The molecule has 2 aromatic rings. The third-order valence-corrected chi connectivity index (χ3v) is 6.89. The zero-order valence-electron chi connectivity index (χ0n) is 18.1. The Labute approximate surface area is 190 Å². The maximum absolute atomic E-state index is 15.7. The van der Waals surface area contributed by atoms with Gasteiger partial charge >= 0.3 is 5.92 Å². The normalized spacial score (nSPS) is 26.0. The first kappa shape index (κ1) is 22.7. The number of hydrogen-bond acceptors (Lipinski definition) is 4. The van der Waals surface area contributed by atoms with Crippen LogP contribution in [-0.2, 0) is 23.1 Å². The van der Waals surface area contributed by atoms with Gasteiger partial charge < -0.3 is 10.1 Å². The molecule has 1 aliphatic carbocycles. The number of ether oxygens (including phenoxy) is 1. The van der Waals surface area contributed by atoms with E-state index in [-0.39, 0.29) is 23.1 Å². The standard InChI is InChI=1S/C24H24F3N3OS/c1-22(2)24(26,27)23(3,30-20(32)13-31-22)18-10-14(4-7-19(18)25)8-16-5-6-17-9-15(11-28)12-29-21(16)17/h4,7,9-10,12,16H,5-6,8,13H2,1-3H3,(H,30,32)/t16-,23+/m0/s1. The summed E-state index contributed by atoms with van der Waals surface area (Å²) in [5.41, 5.74) is -0.893. The lowest BCUT2D eigenvalue weighted by Crippen LogP contribution is -2.62. The molecule has 0 bridgehead atoms. The van der Waals surface area contributed by atoms with E-state index >= 15 is 8.78 Å². The van der Waals surface area contributed by atoms with Gasteiger partial charge in [0.05, 0.1) is 12.2 Å². The first-order valence-corrected chi connectivity index (χ1v) is 10.9. The van der Waals surface area contributed by atoms with Crippen molar-refractivity contribution in [2.45, 2.75) is 63.0 Å². The van der Waals surface area contributed by atoms with E-state index in [0.717, 1.165) is 29.7 Å². The van der Waals surface area contributed by atoms with E-state index in [1.165, 1.54) is 32.9 Å². The molecule has 2 heterocycles. The summed E-state index contributed by atoms with van der Waals surface area (Å²) >= 11 is 5.18. The molecule has 8 heteroatoms. The number of fused-ring (bicyclic) bond motifs is 1. The van der Waals surface area contributed by atoms with Crippen molar-refractivity contribution in [2.24, 2.45) is 0 Å². The van der Waals surface area contributed by atoms with E-state index in [0.29, 0.717) is 12.0 Å². The van der Waals surface area contributed by atoms with Crippen LogP contribution in [0.2, 0.25) is 0 Å². The Kier molecular flexibility index (Phi) is 5.54. The summed E-state index contributed by atoms with van der Waals surface area (Å²) in [7, 11) is 0. The van der Waals surface area contributed by atoms with E-state index in [4.69, 9.17) is 22.2 Å². The molecule has 168 valence electrons. The van der Waals surface area contributed by atoms with Gasteiger partial charge in [0.1, 0.15) is 28.0 Å². The highest BCUT2D eigenvalue weighted by Gasteiger charge is 2.64. The summed E-state index contributed by atoms with van der Waals surface area (Å²) in [4.78, 5) is 4.55. The zero-order valence-corrected chi connectivity index (χ0v) is 19.0. The number of pyridine rings is 1. The quantitative estimate of drug-likeness (QED) is 0.659. The molecule has 0 saturated carbocycles. The molecule has 1 aliphatic heterocycles. The molecule has 32 heavy (non-hydrogen) atoms. The summed E-state index contributed by atoms with van der Waals surface area (Å²) in [5, 5.41) is 11.8. The van der Waals surface area contributed by atoms with Gasteiger partial charge in [0.25, 0.3) is 0 Å². The zero-order chi connectivity index (χ0) is 23.3.